The van der Waals surface area contributed by atoms with Gasteiger partial charge in [0, 0.05) is 22.3 Å². The molecule has 2 rings (SSSR count). The molecule has 0 bridgehead atoms. The molecular weight excluding hydrogens is 272 g/mol. The van der Waals surface area contributed by atoms with Crippen molar-refractivity contribution in [2.45, 2.75) is 18.4 Å². The zero-order valence-electron chi connectivity index (χ0n) is 11.2. The molecule has 0 saturated carbocycles. The van der Waals surface area contributed by atoms with Crippen LogP contribution in [0.1, 0.15) is 27.0 Å². The molecule has 0 radical (unpaired) electrons. The fraction of sp³-hybridized carbons (Fsp3) is 0.188. The van der Waals surface area contributed by atoms with Gasteiger partial charge in [-0.05, 0) is 30.2 Å². The van der Waals surface area contributed by atoms with Gasteiger partial charge in [-0.25, -0.2) is 4.79 Å². The second kappa shape index (κ2) is 6.48. The highest BCUT2D eigenvalue weighted by atomic mass is 32.2. The van der Waals surface area contributed by atoms with Crippen LogP contribution < -0.4 is 0 Å². The van der Waals surface area contributed by atoms with Crippen LogP contribution in [0.4, 0.5) is 0 Å². The molecule has 2 aromatic rings. The first kappa shape index (κ1) is 14.5. The number of carbonyl (C=O) groups is 1. The molecule has 0 aliphatic carbocycles. The van der Waals surface area contributed by atoms with Crippen molar-refractivity contribution in [1.82, 2.24) is 0 Å². The van der Waals surface area contributed by atoms with Crippen molar-refractivity contribution in [1.29, 1.82) is 0 Å². The largest absolute Gasteiger partial charge is 0.478 e. The Morgan fingerprint density at radius 2 is 1.70 bits per heavy atom. The SMILES string of the molecule is Cc1ccc(CS(=O)Cc2cccc(C(=O)O)c2)cc1. The van der Waals surface area contributed by atoms with Gasteiger partial charge in [0.15, 0.2) is 0 Å². The van der Waals surface area contributed by atoms with Crippen LogP contribution in [0.5, 0.6) is 0 Å². The molecule has 0 amide bonds. The third-order valence-electron chi connectivity index (χ3n) is 2.95. The Labute approximate surface area is 120 Å². The van der Waals surface area contributed by atoms with E-state index >= 15 is 0 Å². The first-order valence-corrected chi connectivity index (χ1v) is 7.76. The van der Waals surface area contributed by atoms with Gasteiger partial charge in [-0.2, -0.15) is 0 Å². The van der Waals surface area contributed by atoms with Crippen LogP contribution in [0.2, 0.25) is 0 Å². The smallest absolute Gasteiger partial charge is 0.335 e. The number of rotatable bonds is 5. The van der Waals surface area contributed by atoms with Crippen LogP contribution in [0.3, 0.4) is 0 Å². The predicted molar refractivity (Wildman–Crippen MR) is 80.1 cm³/mol. The maximum Gasteiger partial charge on any atom is 0.335 e. The normalized spacial score (nSPS) is 12.1. The van der Waals surface area contributed by atoms with E-state index in [-0.39, 0.29) is 5.56 Å². The monoisotopic (exact) mass is 288 g/mol. The first-order chi connectivity index (χ1) is 9.54. The van der Waals surface area contributed by atoms with Crippen LogP contribution in [0, 0.1) is 6.92 Å². The molecule has 104 valence electrons. The molecule has 0 aliphatic rings. The summed E-state index contributed by atoms with van der Waals surface area (Å²) in [7, 11) is -1.04. The molecule has 1 N–H and O–H groups in total. The Kier molecular flexibility index (Phi) is 4.69. The van der Waals surface area contributed by atoms with E-state index in [2.05, 4.69) is 0 Å². The van der Waals surface area contributed by atoms with Crippen molar-refractivity contribution in [2.75, 3.05) is 0 Å². The lowest BCUT2D eigenvalue weighted by atomic mass is 10.1. The summed E-state index contributed by atoms with van der Waals surface area (Å²) >= 11 is 0. The highest BCUT2D eigenvalue weighted by molar-refractivity contribution is 7.83. The average molecular weight is 288 g/mol. The standard InChI is InChI=1S/C16H16O3S/c1-12-5-7-13(8-6-12)10-20(19)11-14-3-2-4-15(9-14)16(17)18/h2-9H,10-11H2,1H3,(H,17,18). The van der Waals surface area contributed by atoms with E-state index < -0.39 is 16.8 Å². The summed E-state index contributed by atoms with van der Waals surface area (Å²) in [5.74, 6) is -0.108. The van der Waals surface area contributed by atoms with Gasteiger partial charge < -0.3 is 5.11 Å². The lowest BCUT2D eigenvalue weighted by Crippen LogP contribution is -2.02. The minimum Gasteiger partial charge on any atom is -0.478 e. The second-order valence-electron chi connectivity index (χ2n) is 4.72. The van der Waals surface area contributed by atoms with Gasteiger partial charge in [0.25, 0.3) is 0 Å². The van der Waals surface area contributed by atoms with E-state index in [1.165, 1.54) is 11.6 Å². The van der Waals surface area contributed by atoms with E-state index in [0.29, 0.717) is 11.5 Å². The molecule has 4 heteroatoms. The Hall–Kier alpha value is -1.94. The molecule has 1 atom stereocenters. The van der Waals surface area contributed by atoms with Crippen molar-refractivity contribution in [2.24, 2.45) is 0 Å². The molecule has 0 saturated heterocycles. The lowest BCUT2D eigenvalue weighted by Gasteiger charge is -2.04. The van der Waals surface area contributed by atoms with Gasteiger partial charge in [0.05, 0.1) is 5.56 Å². The molecule has 20 heavy (non-hydrogen) atoms. The number of hydrogen-bond acceptors (Lipinski definition) is 2. The van der Waals surface area contributed by atoms with Gasteiger partial charge >= 0.3 is 5.97 Å². The summed E-state index contributed by atoms with van der Waals surface area (Å²) in [5.41, 5.74) is 3.22. The molecule has 0 fully saturated rings. The van der Waals surface area contributed by atoms with Crippen LogP contribution in [-0.2, 0) is 22.3 Å². The highest BCUT2D eigenvalue weighted by Crippen LogP contribution is 2.12. The van der Waals surface area contributed by atoms with Crippen LogP contribution >= 0.6 is 0 Å². The topological polar surface area (TPSA) is 54.4 Å². The van der Waals surface area contributed by atoms with Gasteiger partial charge in [-0.1, -0.05) is 42.0 Å². The number of benzene rings is 2. The van der Waals surface area contributed by atoms with E-state index in [9.17, 15) is 9.00 Å². The highest BCUT2D eigenvalue weighted by Gasteiger charge is 2.07. The van der Waals surface area contributed by atoms with Gasteiger partial charge in [-0.15, -0.1) is 0 Å². The van der Waals surface area contributed by atoms with Crippen LogP contribution in [-0.4, -0.2) is 15.3 Å². The number of carboxylic acid groups (broad SMARTS) is 1. The summed E-state index contributed by atoms with van der Waals surface area (Å²) in [6.07, 6.45) is 0. The van der Waals surface area contributed by atoms with Crippen LogP contribution in [0.15, 0.2) is 48.5 Å². The minimum atomic E-state index is -1.04. The zero-order valence-corrected chi connectivity index (χ0v) is 12.0. The summed E-state index contributed by atoms with van der Waals surface area (Å²) in [4.78, 5) is 10.9. The number of hydrogen-bond donors (Lipinski definition) is 1. The number of aryl methyl sites for hydroxylation is 1. The number of carboxylic acids is 1. The average Bonchev–Trinajstić information content (AvgIpc) is 2.41. The molecule has 0 heterocycles. The third-order valence-corrected chi connectivity index (χ3v) is 4.26. The quantitative estimate of drug-likeness (QED) is 0.919. The molecule has 0 spiro atoms. The molecule has 1 unspecified atom stereocenters. The molecule has 3 nitrogen and oxygen atoms in total. The van der Waals surface area contributed by atoms with Crippen LogP contribution in [0.25, 0.3) is 0 Å². The van der Waals surface area contributed by atoms with Gasteiger partial charge in [-0.3, -0.25) is 4.21 Å². The predicted octanol–water partition coefficient (Wildman–Crippen LogP) is 3.14. The van der Waals surface area contributed by atoms with Gasteiger partial charge in [0.2, 0.25) is 0 Å². The molecule has 0 aliphatic heterocycles. The Balaban J connectivity index is 2.02. The molecule has 0 aromatic heterocycles. The maximum absolute atomic E-state index is 12.1. The van der Waals surface area contributed by atoms with Crippen molar-refractivity contribution in [3.63, 3.8) is 0 Å². The summed E-state index contributed by atoms with van der Waals surface area (Å²) in [5, 5.41) is 8.93. The van der Waals surface area contributed by atoms with Crippen molar-refractivity contribution in [3.05, 3.63) is 70.8 Å². The van der Waals surface area contributed by atoms with Crippen molar-refractivity contribution >= 4 is 16.8 Å². The third kappa shape index (κ3) is 4.03. The van der Waals surface area contributed by atoms with E-state index in [0.717, 1.165) is 11.1 Å². The first-order valence-electron chi connectivity index (χ1n) is 6.27. The van der Waals surface area contributed by atoms with Gasteiger partial charge in [0.1, 0.15) is 0 Å². The van der Waals surface area contributed by atoms with E-state index in [4.69, 9.17) is 5.11 Å². The Bertz CT molecular complexity index is 632. The minimum absolute atomic E-state index is 0.231. The maximum atomic E-state index is 12.1. The summed E-state index contributed by atoms with van der Waals surface area (Å²) in [6.45, 7) is 2.01. The molecular formula is C16H16O3S. The summed E-state index contributed by atoms with van der Waals surface area (Å²) in [6, 6.07) is 14.5. The lowest BCUT2D eigenvalue weighted by molar-refractivity contribution is 0.0696. The van der Waals surface area contributed by atoms with Crippen molar-refractivity contribution in [3.8, 4) is 0 Å². The summed E-state index contributed by atoms with van der Waals surface area (Å²) < 4.78 is 12.1. The zero-order chi connectivity index (χ0) is 14.5. The Morgan fingerprint density at radius 3 is 2.35 bits per heavy atom. The Morgan fingerprint density at radius 1 is 1.05 bits per heavy atom. The van der Waals surface area contributed by atoms with E-state index in [1.807, 2.05) is 31.2 Å². The number of aromatic carboxylic acids is 1. The van der Waals surface area contributed by atoms with E-state index in [1.54, 1.807) is 18.2 Å². The second-order valence-corrected chi connectivity index (χ2v) is 6.18. The fourth-order valence-electron chi connectivity index (χ4n) is 1.90. The van der Waals surface area contributed by atoms with Crippen molar-refractivity contribution < 1.29 is 14.1 Å². The molecule has 2 aromatic carbocycles. The fourth-order valence-corrected chi connectivity index (χ4v) is 3.12.